The van der Waals surface area contributed by atoms with Crippen LogP contribution >= 0.6 is 23.2 Å². The SMILES string of the molecule is CC(C)C(c1ccc(Cl)cc1)[C@H](N)C(=O)Nc1cccc(F)c1CC[C@H]1CNC[C@H](C)N1S(=O)(=O)c1ccccc1Cl. The lowest BCUT2D eigenvalue weighted by Crippen LogP contribution is -2.58. The summed E-state index contributed by atoms with van der Waals surface area (Å²) in [5.74, 6) is -1.17. The predicted molar refractivity (Wildman–Crippen MR) is 167 cm³/mol. The van der Waals surface area contributed by atoms with Gasteiger partial charge in [0.05, 0.1) is 11.1 Å². The van der Waals surface area contributed by atoms with Gasteiger partial charge < -0.3 is 16.4 Å². The Kier molecular flexibility index (Phi) is 10.7. The highest BCUT2D eigenvalue weighted by Gasteiger charge is 2.39. The first-order valence-electron chi connectivity index (χ1n) is 14.0. The molecule has 3 aromatic rings. The van der Waals surface area contributed by atoms with Gasteiger partial charge >= 0.3 is 0 Å². The molecule has 1 heterocycles. The molecule has 1 aliphatic heterocycles. The average molecular weight is 636 g/mol. The summed E-state index contributed by atoms with van der Waals surface area (Å²) in [5, 5.41) is 6.86. The van der Waals surface area contributed by atoms with Crippen molar-refractivity contribution in [2.45, 2.75) is 62.6 Å². The van der Waals surface area contributed by atoms with Gasteiger partial charge in [-0.1, -0.05) is 67.4 Å². The van der Waals surface area contributed by atoms with Crippen LogP contribution in [0.3, 0.4) is 0 Å². The molecule has 0 aromatic heterocycles. The highest BCUT2D eigenvalue weighted by molar-refractivity contribution is 7.89. The zero-order valence-electron chi connectivity index (χ0n) is 23.9. The van der Waals surface area contributed by atoms with Crippen LogP contribution in [0.4, 0.5) is 10.1 Å². The molecule has 1 unspecified atom stereocenters. The van der Waals surface area contributed by atoms with E-state index >= 15 is 4.39 Å². The second-order valence-electron chi connectivity index (χ2n) is 11.1. The first kappa shape index (κ1) is 32.4. The number of benzene rings is 3. The lowest BCUT2D eigenvalue weighted by molar-refractivity contribution is -0.118. The molecule has 4 atom stereocenters. The summed E-state index contributed by atoms with van der Waals surface area (Å²) in [6.45, 7) is 6.68. The van der Waals surface area contributed by atoms with Gasteiger partial charge in [-0.3, -0.25) is 4.79 Å². The van der Waals surface area contributed by atoms with Crippen molar-refractivity contribution in [3.63, 3.8) is 0 Å². The Morgan fingerprint density at radius 1 is 1.07 bits per heavy atom. The zero-order valence-corrected chi connectivity index (χ0v) is 26.2. The van der Waals surface area contributed by atoms with Crippen molar-refractivity contribution < 1.29 is 17.6 Å². The maximum Gasteiger partial charge on any atom is 0.245 e. The Hall–Kier alpha value is -2.53. The molecular formula is C31H37Cl2FN4O3S. The largest absolute Gasteiger partial charge is 0.324 e. The number of hydrogen-bond donors (Lipinski definition) is 3. The van der Waals surface area contributed by atoms with E-state index in [0.29, 0.717) is 35.8 Å². The van der Waals surface area contributed by atoms with Crippen molar-refractivity contribution >= 4 is 44.8 Å². The van der Waals surface area contributed by atoms with Crippen molar-refractivity contribution in [1.29, 1.82) is 0 Å². The Bertz CT molecular complexity index is 1500. The molecular weight excluding hydrogens is 598 g/mol. The number of hydrogen-bond acceptors (Lipinski definition) is 5. The summed E-state index contributed by atoms with van der Waals surface area (Å²) in [5.41, 5.74) is 7.96. The number of carbonyl (C=O) groups is 1. The number of halogens is 3. The minimum Gasteiger partial charge on any atom is -0.324 e. The van der Waals surface area contributed by atoms with Gasteiger partial charge in [-0.2, -0.15) is 4.31 Å². The summed E-state index contributed by atoms with van der Waals surface area (Å²) >= 11 is 12.3. The topological polar surface area (TPSA) is 105 Å². The third-order valence-electron chi connectivity index (χ3n) is 7.77. The lowest BCUT2D eigenvalue weighted by atomic mass is 9.82. The minimum atomic E-state index is -3.92. The predicted octanol–water partition coefficient (Wildman–Crippen LogP) is 5.82. The van der Waals surface area contributed by atoms with E-state index in [-0.39, 0.29) is 34.2 Å². The lowest BCUT2D eigenvalue weighted by Gasteiger charge is -2.40. The summed E-state index contributed by atoms with van der Waals surface area (Å²) in [4.78, 5) is 13.4. The number of piperazine rings is 1. The van der Waals surface area contributed by atoms with E-state index < -0.39 is 33.8 Å². The third kappa shape index (κ3) is 7.15. The van der Waals surface area contributed by atoms with Gasteiger partial charge in [0.2, 0.25) is 15.9 Å². The number of nitrogens with zero attached hydrogens (tertiary/aromatic N) is 1. The fraction of sp³-hybridized carbons (Fsp3) is 0.387. The smallest absolute Gasteiger partial charge is 0.245 e. The molecule has 1 amide bonds. The van der Waals surface area contributed by atoms with Crippen LogP contribution in [0.25, 0.3) is 0 Å². The number of sulfonamides is 1. The number of amides is 1. The van der Waals surface area contributed by atoms with Gasteiger partial charge in [0.1, 0.15) is 10.7 Å². The van der Waals surface area contributed by atoms with E-state index in [0.717, 1.165) is 5.56 Å². The molecule has 226 valence electrons. The Morgan fingerprint density at radius 2 is 1.76 bits per heavy atom. The van der Waals surface area contributed by atoms with Gasteiger partial charge in [-0.25, -0.2) is 12.8 Å². The normalized spacial score (nSPS) is 19.4. The molecule has 0 aliphatic carbocycles. The maximum absolute atomic E-state index is 15.2. The van der Waals surface area contributed by atoms with Crippen LogP contribution in [0.2, 0.25) is 10.0 Å². The molecule has 0 radical (unpaired) electrons. The summed E-state index contributed by atoms with van der Waals surface area (Å²) in [6.07, 6.45) is 0.506. The van der Waals surface area contributed by atoms with Crippen LogP contribution in [0.15, 0.2) is 71.6 Å². The second kappa shape index (κ2) is 13.8. The fourth-order valence-corrected chi connectivity index (χ4v) is 8.21. The van der Waals surface area contributed by atoms with E-state index in [9.17, 15) is 13.2 Å². The van der Waals surface area contributed by atoms with Crippen molar-refractivity contribution in [3.05, 3.63) is 93.7 Å². The molecule has 4 N–H and O–H groups in total. The van der Waals surface area contributed by atoms with Crippen molar-refractivity contribution in [2.24, 2.45) is 11.7 Å². The monoisotopic (exact) mass is 634 g/mol. The molecule has 1 saturated heterocycles. The van der Waals surface area contributed by atoms with Crippen LogP contribution < -0.4 is 16.4 Å². The Balaban J connectivity index is 1.55. The highest BCUT2D eigenvalue weighted by atomic mass is 35.5. The summed E-state index contributed by atoms with van der Waals surface area (Å²) in [6, 6.07) is 16.4. The quantitative estimate of drug-likeness (QED) is 0.261. The minimum absolute atomic E-state index is 0.0404. The molecule has 0 saturated carbocycles. The molecule has 0 bridgehead atoms. The number of nitrogens with one attached hydrogen (secondary N) is 2. The van der Waals surface area contributed by atoms with Gasteiger partial charge in [0, 0.05) is 47.4 Å². The van der Waals surface area contributed by atoms with Crippen LogP contribution in [0.5, 0.6) is 0 Å². The first-order chi connectivity index (χ1) is 19.9. The molecule has 0 spiro atoms. The Morgan fingerprint density at radius 3 is 2.43 bits per heavy atom. The molecule has 1 aliphatic rings. The highest BCUT2D eigenvalue weighted by Crippen LogP contribution is 2.32. The molecule has 1 fully saturated rings. The molecule has 42 heavy (non-hydrogen) atoms. The molecule has 7 nitrogen and oxygen atoms in total. The Labute approximate surface area is 257 Å². The summed E-state index contributed by atoms with van der Waals surface area (Å²) < 4.78 is 44.1. The second-order valence-corrected chi connectivity index (χ2v) is 13.7. The van der Waals surface area contributed by atoms with Crippen LogP contribution in [0, 0.1) is 11.7 Å². The van der Waals surface area contributed by atoms with Gasteiger partial charge in [0.25, 0.3) is 0 Å². The van der Waals surface area contributed by atoms with E-state index in [4.69, 9.17) is 28.9 Å². The number of carbonyl (C=O) groups excluding carboxylic acids is 1. The van der Waals surface area contributed by atoms with Crippen molar-refractivity contribution in [1.82, 2.24) is 9.62 Å². The van der Waals surface area contributed by atoms with Crippen molar-refractivity contribution in [2.75, 3.05) is 18.4 Å². The van der Waals surface area contributed by atoms with E-state index in [1.807, 2.05) is 32.9 Å². The van der Waals surface area contributed by atoms with Crippen molar-refractivity contribution in [3.8, 4) is 0 Å². The van der Waals surface area contributed by atoms with Gasteiger partial charge in [-0.15, -0.1) is 0 Å². The third-order valence-corrected chi connectivity index (χ3v) is 10.6. The number of anilines is 1. The molecule has 11 heteroatoms. The standard InChI is InChI=1S/C31H37Cl2FN4O3S/c1-19(2)29(21-11-13-22(32)14-12-21)30(35)31(39)37-27-9-6-8-26(34)24(27)16-15-23-18-36-17-20(3)38(23)42(40,41)28-10-5-4-7-25(28)33/h4-14,19-20,23,29-30,36H,15-18,35H2,1-3H3,(H,37,39)/t20-,23-,29?,30-/m0/s1. The van der Waals surface area contributed by atoms with E-state index in [1.165, 1.54) is 22.5 Å². The van der Waals surface area contributed by atoms with Gasteiger partial charge in [-0.05, 0) is 67.6 Å². The summed E-state index contributed by atoms with van der Waals surface area (Å²) in [7, 11) is -3.92. The van der Waals surface area contributed by atoms with Crippen LogP contribution in [-0.4, -0.2) is 49.8 Å². The maximum atomic E-state index is 15.2. The average Bonchev–Trinajstić information content (AvgIpc) is 2.93. The van der Waals surface area contributed by atoms with Crippen LogP contribution in [0.1, 0.15) is 44.2 Å². The molecule has 4 rings (SSSR count). The van der Waals surface area contributed by atoms with E-state index in [2.05, 4.69) is 10.6 Å². The van der Waals surface area contributed by atoms with Crippen LogP contribution in [-0.2, 0) is 21.2 Å². The number of rotatable bonds is 10. The number of nitrogens with two attached hydrogens (primary N) is 1. The van der Waals surface area contributed by atoms with Gasteiger partial charge in [0.15, 0.2) is 0 Å². The first-order valence-corrected chi connectivity index (χ1v) is 16.2. The zero-order chi connectivity index (χ0) is 30.6. The van der Waals surface area contributed by atoms with E-state index in [1.54, 1.807) is 36.4 Å². The molecule has 3 aromatic carbocycles. The fourth-order valence-electron chi connectivity index (χ4n) is 5.74.